The molecule has 0 bridgehead atoms. The SMILES string of the molecule is C1CC[NH2+]CC1.C1CC[NH2+]CC1.O=[N+]([O-])c1ccc2[n-]nc([N+](=O)[O-])c2c1.O=[N+]([O-])c1ccc2[n-]nc([N+](=O)[O-])c2c1. The third kappa shape index (κ3) is 8.96. The van der Waals surface area contributed by atoms with Crippen LogP contribution < -0.4 is 20.8 Å². The van der Waals surface area contributed by atoms with Crippen LogP contribution in [0.4, 0.5) is 23.0 Å². The molecular formula is C24H30N10O8. The molecule has 2 saturated heterocycles. The average Bonchev–Trinajstić information content (AvgIpc) is 3.64. The molecule has 2 aliphatic heterocycles. The van der Waals surface area contributed by atoms with Crippen LogP contribution in [0.1, 0.15) is 38.5 Å². The monoisotopic (exact) mass is 586 g/mol. The lowest BCUT2D eigenvalue weighted by Gasteiger charge is -2.05. The molecule has 0 spiro atoms. The number of rotatable bonds is 4. The minimum atomic E-state index is -0.723. The van der Waals surface area contributed by atoms with E-state index >= 15 is 0 Å². The first-order chi connectivity index (χ1) is 20.2. The highest BCUT2D eigenvalue weighted by atomic mass is 16.6. The molecule has 0 saturated carbocycles. The minimum Gasteiger partial charge on any atom is -0.454 e. The van der Waals surface area contributed by atoms with E-state index in [1.165, 1.54) is 89.0 Å². The molecule has 0 amide bonds. The van der Waals surface area contributed by atoms with E-state index in [9.17, 15) is 40.5 Å². The van der Waals surface area contributed by atoms with Gasteiger partial charge in [-0.25, -0.2) is 0 Å². The van der Waals surface area contributed by atoms with Gasteiger partial charge in [-0.2, -0.15) is 0 Å². The number of nitrogens with zero attached hydrogens (tertiary/aromatic N) is 8. The van der Waals surface area contributed by atoms with Crippen molar-refractivity contribution in [2.75, 3.05) is 26.2 Å². The highest BCUT2D eigenvalue weighted by molar-refractivity contribution is 5.88. The first-order valence-corrected chi connectivity index (χ1v) is 13.3. The summed E-state index contributed by atoms with van der Waals surface area (Å²) in [5, 5.41) is 60.5. The van der Waals surface area contributed by atoms with E-state index in [0.717, 1.165) is 12.1 Å². The average molecular weight is 587 g/mol. The maximum absolute atomic E-state index is 10.5. The van der Waals surface area contributed by atoms with Gasteiger partial charge in [-0.3, -0.25) is 20.2 Å². The lowest BCUT2D eigenvalue weighted by molar-refractivity contribution is -0.662. The Hall–Kier alpha value is -5.10. The van der Waals surface area contributed by atoms with E-state index in [1.807, 2.05) is 0 Å². The summed E-state index contributed by atoms with van der Waals surface area (Å²) in [5.41, 5.74) is 0.0976. The summed E-state index contributed by atoms with van der Waals surface area (Å²) in [5.74, 6) is -0.928. The number of nitro benzene ring substituents is 2. The van der Waals surface area contributed by atoms with Crippen molar-refractivity contribution in [3.8, 4) is 0 Å². The number of non-ortho nitro benzene ring substituents is 2. The van der Waals surface area contributed by atoms with Crippen LogP contribution in [0.2, 0.25) is 0 Å². The van der Waals surface area contributed by atoms with Crippen LogP contribution in [-0.2, 0) is 0 Å². The Labute approximate surface area is 237 Å². The van der Waals surface area contributed by atoms with Crippen molar-refractivity contribution >= 4 is 44.8 Å². The molecule has 224 valence electrons. The molecule has 0 radical (unpaired) electrons. The molecule has 2 aromatic heterocycles. The van der Waals surface area contributed by atoms with Gasteiger partial charge < -0.3 is 41.1 Å². The fourth-order valence-electron chi connectivity index (χ4n) is 4.18. The second-order valence-electron chi connectivity index (χ2n) is 9.33. The number of nitrogens with two attached hydrogens (primary N) is 2. The normalized spacial score (nSPS) is 14.3. The van der Waals surface area contributed by atoms with Crippen LogP contribution >= 0.6 is 0 Å². The van der Waals surface area contributed by atoms with Gasteiger partial charge in [0.05, 0.1) is 46.8 Å². The summed E-state index contributed by atoms with van der Waals surface area (Å²) in [6.45, 7) is 5.50. The Morgan fingerprint density at radius 3 is 1.14 bits per heavy atom. The molecule has 4 heterocycles. The molecule has 18 heteroatoms. The Kier molecular flexibility index (Phi) is 11.7. The third-order valence-corrected chi connectivity index (χ3v) is 6.35. The van der Waals surface area contributed by atoms with Crippen LogP contribution in [0.5, 0.6) is 0 Å². The molecule has 2 aliphatic rings. The first-order valence-electron chi connectivity index (χ1n) is 13.3. The number of hydrogen-bond donors (Lipinski definition) is 2. The number of hydrogen-bond acceptors (Lipinski definition) is 10. The predicted molar refractivity (Wildman–Crippen MR) is 148 cm³/mol. The van der Waals surface area contributed by atoms with Crippen molar-refractivity contribution in [2.45, 2.75) is 38.5 Å². The fraction of sp³-hybridized carbons (Fsp3) is 0.417. The second kappa shape index (κ2) is 15.6. The molecule has 0 atom stereocenters. The summed E-state index contributed by atoms with van der Waals surface area (Å²) in [4.78, 5) is 39.2. The van der Waals surface area contributed by atoms with Gasteiger partial charge in [0.1, 0.15) is 0 Å². The summed E-state index contributed by atoms with van der Waals surface area (Å²) >= 11 is 0. The van der Waals surface area contributed by atoms with Crippen molar-refractivity contribution in [3.63, 3.8) is 0 Å². The van der Waals surface area contributed by atoms with E-state index in [0.29, 0.717) is 0 Å². The Bertz CT molecular complexity index is 1390. The zero-order valence-corrected chi connectivity index (χ0v) is 22.5. The number of fused-ring (bicyclic) bond motifs is 2. The maximum Gasteiger partial charge on any atom is 0.355 e. The minimum absolute atomic E-state index is 0.0780. The molecular weight excluding hydrogens is 556 g/mol. The summed E-state index contributed by atoms with van der Waals surface area (Å²) in [7, 11) is 0. The van der Waals surface area contributed by atoms with E-state index < -0.39 is 31.3 Å². The van der Waals surface area contributed by atoms with Gasteiger partial charge in [0, 0.05) is 24.3 Å². The van der Waals surface area contributed by atoms with Crippen molar-refractivity contribution in [2.24, 2.45) is 0 Å². The third-order valence-electron chi connectivity index (χ3n) is 6.35. The fourth-order valence-corrected chi connectivity index (χ4v) is 4.18. The largest absolute Gasteiger partial charge is 0.454 e. The number of nitro groups is 4. The van der Waals surface area contributed by atoms with Crippen LogP contribution in [0.15, 0.2) is 36.4 Å². The Morgan fingerprint density at radius 2 is 0.905 bits per heavy atom. The predicted octanol–water partition coefficient (Wildman–Crippen LogP) is 1.48. The summed E-state index contributed by atoms with van der Waals surface area (Å²) in [6, 6.07) is 7.28. The zero-order chi connectivity index (χ0) is 30.5. The first kappa shape index (κ1) is 31.4. The van der Waals surface area contributed by atoms with Gasteiger partial charge in [0.2, 0.25) is 0 Å². The Balaban J connectivity index is 0.000000167. The molecule has 4 N–H and O–H groups in total. The van der Waals surface area contributed by atoms with Gasteiger partial charge in [-0.15, -0.1) is 10.2 Å². The van der Waals surface area contributed by atoms with E-state index in [1.54, 1.807) is 0 Å². The summed E-state index contributed by atoms with van der Waals surface area (Å²) < 4.78 is 0. The topological polar surface area (TPSA) is 260 Å². The molecule has 42 heavy (non-hydrogen) atoms. The maximum atomic E-state index is 10.5. The molecule has 0 aliphatic carbocycles. The highest BCUT2D eigenvalue weighted by Gasteiger charge is 2.15. The Morgan fingerprint density at radius 1 is 0.548 bits per heavy atom. The molecule has 2 aromatic carbocycles. The van der Waals surface area contributed by atoms with Gasteiger partial charge >= 0.3 is 11.6 Å². The molecule has 6 rings (SSSR count). The number of benzene rings is 2. The van der Waals surface area contributed by atoms with Crippen molar-refractivity contribution in [1.82, 2.24) is 20.4 Å². The molecule has 18 nitrogen and oxygen atoms in total. The standard InChI is InChI=1S/2C7H3N4O4.2C5H11N/c2*12-10(13)4-1-2-6-5(3-4)7(9-8-6)11(14)15;2*1-2-4-6-5-3-1/h2*1-3H;2*6H,1-5H2/q2*-1;;/p+2. The van der Waals surface area contributed by atoms with Crippen molar-refractivity contribution < 1.29 is 30.3 Å². The molecule has 4 aromatic rings. The van der Waals surface area contributed by atoms with E-state index in [4.69, 9.17) is 0 Å². The van der Waals surface area contributed by atoms with Crippen LogP contribution in [0.3, 0.4) is 0 Å². The van der Waals surface area contributed by atoms with Gasteiger partial charge in [-0.1, -0.05) is 23.2 Å². The van der Waals surface area contributed by atoms with Crippen molar-refractivity contribution in [1.29, 1.82) is 0 Å². The van der Waals surface area contributed by atoms with Gasteiger partial charge in [-0.05, 0) is 48.4 Å². The second-order valence-corrected chi connectivity index (χ2v) is 9.33. The van der Waals surface area contributed by atoms with Gasteiger partial charge in [0.25, 0.3) is 11.4 Å². The molecule has 0 unspecified atom stereocenters. The van der Waals surface area contributed by atoms with Crippen molar-refractivity contribution in [3.05, 3.63) is 76.9 Å². The van der Waals surface area contributed by atoms with Crippen LogP contribution in [-0.4, -0.2) is 56.1 Å². The molecule has 2 fully saturated rings. The zero-order valence-electron chi connectivity index (χ0n) is 22.5. The number of piperidine rings is 2. The van der Waals surface area contributed by atoms with E-state index in [2.05, 4.69) is 31.0 Å². The quantitative estimate of drug-likeness (QED) is 0.254. The lowest BCUT2D eigenvalue weighted by atomic mass is 10.2. The van der Waals surface area contributed by atoms with Crippen LogP contribution in [0, 0.1) is 40.5 Å². The van der Waals surface area contributed by atoms with Crippen LogP contribution in [0.25, 0.3) is 21.8 Å². The smallest absolute Gasteiger partial charge is 0.355 e. The van der Waals surface area contributed by atoms with Gasteiger partial charge in [0.15, 0.2) is 0 Å². The number of quaternary nitrogens is 2. The highest BCUT2D eigenvalue weighted by Crippen LogP contribution is 2.26. The summed E-state index contributed by atoms with van der Waals surface area (Å²) in [6.07, 6.45) is 8.72. The lowest BCUT2D eigenvalue weighted by Crippen LogP contribution is -2.85. The van der Waals surface area contributed by atoms with E-state index in [-0.39, 0.29) is 33.2 Å². The number of aromatic nitrogens is 4.